The van der Waals surface area contributed by atoms with Crippen LogP contribution in [0.3, 0.4) is 0 Å². The van der Waals surface area contributed by atoms with Gasteiger partial charge in [0.05, 0.1) is 11.6 Å². The predicted molar refractivity (Wildman–Crippen MR) is 90.6 cm³/mol. The van der Waals surface area contributed by atoms with E-state index < -0.39 is 0 Å². The summed E-state index contributed by atoms with van der Waals surface area (Å²) in [5.74, 6) is -0.0577. The second kappa shape index (κ2) is 6.90. The van der Waals surface area contributed by atoms with Crippen molar-refractivity contribution in [3.8, 4) is 0 Å². The molecule has 0 saturated carbocycles. The van der Waals surface area contributed by atoms with Gasteiger partial charge in [-0.25, -0.2) is 0 Å². The molecule has 3 heteroatoms. The van der Waals surface area contributed by atoms with Gasteiger partial charge in [0.1, 0.15) is 0 Å². The van der Waals surface area contributed by atoms with Gasteiger partial charge in [-0.05, 0) is 59.5 Å². The van der Waals surface area contributed by atoms with E-state index in [1.54, 1.807) is 0 Å². The zero-order valence-electron chi connectivity index (χ0n) is 12.6. The molecule has 0 aliphatic carbocycles. The van der Waals surface area contributed by atoms with Crippen molar-refractivity contribution in [2.45, 2.75) is 33.2 Å². The number of hydrogen-bond acceptors (Lipinski definition) is 1. The maximum atomic E-state index is 12.4. The Bertz CT molecular complexity index is 634. The van der Waals surface area contributed by atoms with E-state index in [1.807, 2.05) is 32.0 Å². The van der Waals surface area contributed by atoms with E-state index in [2.05, 4.69) is 52.4 Å². The van der Waals surface area contributed by atoms with Crippen molar-refractivity contribution >= 4 is 21.8 Å². The van der Waals surface area contributed by atoms with Crippen LogP contribution in [0.25, 0.3) is 0 Å². The second-order valence-corrected chi connectivity index (χ2v) is 6.13. The third kappa shape index (κ3) is 3.94. The summed E-state index contributed by atoms with van der Waals surface area (Å²) in [6.07, 6.45) is 1.03. The van der Waals surface area contributed by atoms with Crippen LogP contribution in [0.5, 0.6) is 0 Å². The molecule has 21 heavy (non-hydrogen) atoms. The van der Waals surface area contributed by atoms with Gasteiger partial charge < -0.3 is 5.32 Å². The van der Waals surface area contributed by atoms with Crippen LogP contribution in [-0.2, 0) is 6.42 Å². The lowest BCUT2D eigenvalue weighted by molar-refractivity contribution is 0.0939. The molecule has 0 radical (unpaired) electrons. The summed E-state index contributed by atoms with van der Waals surface area (Å²) in [5.41, 5.74) is 4.17. The Morgan fingerprint density at radius 3 is 2.48 bits per heavy atom. The molecule has 1 atom stereocenters. The van der Waals surface area contributed by atoms with Crippen LogP contribution < -0.4 is 5.32 Å². The first-order valence-electron chi connectivity index (χ1n) is 7.17. The van der Waals surface area contributed by atoms with E-state index in [1.165, 1.54) is 5.56 Å². The van der Waals surface area contributed by atoms with Gasteiger partial charge >= 0.3 is 0 Å². The van der Waals surface area contributed by atoms with Gasteiger partial charge in [-0.1, -0.05) is 42.8 Å². The van der Waals surface area contributed by atoms with Crippen molar-refractivity contribution in [2.24, 2.45) is 0 Å². The molecule has 0 aromatic heterocycles. The molecule has 1 N–H and O–H groups in total. The molecule has 2 rings (SSSR count). The highest BCUT2D eigenvalue weighted by Gasteiger charge is 2.14. The molecule has 0 aliphatic heterocycles. The van der Waals surface area contributed by atoms with Gasteiger partial charge in [0.2, 0.25) is 0 Å². The zero-order valence-corrected chi connectivity index (χ0v) is 14.2. The van der Waals surface area contributed by atoms with Crippen LogP contribution in [-0.4, -0.2) is 5.91 Å². The van der Waals surface area contributed by atoms with Crippen molar-refractivity contribution in [1.29, 1.82) is 0 Å². The summed E-state index contributed by atoms with van der Waals surface area (Å²) in [6, 6.07) is 14.1. The van der Waals surface area contributed by atoms with Crippen LogP contribution in [0.1, 0.15) is 46.9 Å². The number of halogens is 1. The van der Waals surface area contributed by atoms with Crippen molar-refractivity contribution in [2.75, 3.05) is 0 Å². The van der Waals surface area contributed by atoms with Crippen LogP contribution in [0.2, 0.25) is 0 Å². The minimum Gasteiger partial charge on any atom is -0.345 e. The van der Waals surface area contributed by atoms with E-state index in [0.29, 0.717) is 5.56 Å². The normalized spacial score (nSPS) is 12.0. The smallest absolute Gasteiger partial charge is 0.252 e. The number of carbonyl (C=O) groups excluding carboxylic acids is 1. The van der Waals surface area contributed by atoms with Gasteiger partial charge in [0, 0.05) is 4.47 Å². The molecule has 0 bridgehead atoms. The van der Waals surface area contributed by atoms with Gasteiger partial charge in [0.25, 0.3) is 5.91 Å². The van der Waals surface area contributed by atoms with Crippen LogP contribution in [0, 0.1) is 6.92 Å². The average Bonchev–Trinajstić information content (AvgIpc) is 2.49. The van der Waals surface area contributed by atoms with E-state index in [0.717, 1.165) is 22.0 Å². The number of hydrogen-bond donors (Lipinski definition) is 1. The van der Waals surface area contributed by atoms with Gasteiger partial charge in [-0.2, -0.15) is 0 Å². The highest BCUT2D eigenvalue weighted by atomic mass is 79.9. The minimum absolute atomic E-state index is 0.0178. The number of nitrogens with one attached hydrogen (secondary N) is 1. The molecule has 0 saturated heterocycles. The first-order valence-corrected chi connectivity index (χ1v) is 7.96. The summed E-state index contributed by atoms with van der Waals surface area (Å²) >= 11 is 3.44. The zero-order chi connectivity index (χ0) is 15.4. The van der Waals surface area contributed by atoms with E-state index in [4.69, 9.17) is 0 Å². The molecular formula is C18H20BrNO. The Morgan fingerprint density at radius 1 is 1.19 bits per heavy atom. The highest BCUT2D eigenvalue weighted by molar-refractivity contribution is 9.10. The number of carbonyl (C=O) groups is 1. The van der Waals surface area contributed by atoms with Crippen LogP contribution >= 0.6 is 15.9 Å². The highest BCUT2D eigenvalue weighted by Crippen LogP contribution is 2.20. The molecule has 0 aliphatic rings. The fraction of sp³-hybridized carbons (Fsp3) is 0.278. The van der Waals surface area contributed by atoms with Gasteiger partial charge in [0.15, 0.2) is 0 Å². The number of amides is 1. The van der Waals surface area contributed by atoms with Crippen LogP contribution in [0.15, 0.2) is 46.9 Å². The lowest BCUT2D eigenvalue weighted by atomic mass is 10.0. The van der Waals surface area contributed by atoms with E-state index >= 15 is 0 Å². The largest absolute Gasteiger partial charge is 0.345 e. The summed E-state index contributed by atoms with van der Waals surface area (Å²) < 4.78 is 0.819. The first-order chi connectivity index (χ1) is 10.0. The van der Waals surface area contributed by atoms with E-state index in [-0.39, 0.29) is 11.9 Å². The monoisotopic (exact) mass is 345 g/mol. The molecular weight excluding hydrogens is 326 g/mol. The van der Waals surface area contributed by atoms with Crippen molar-refractivity contribution in [1.82, 2.24) is 5.32 Å². The summed E-state index contributed by atoms with van der Waals surface area (Å²) in [5, 5.41) is 3.05. The average molecular weight is 346 g/mol. The molecule has 1 amide bonds. The molecule has 0 fully saturated rings. The first kappa shape index (κ1) is 15.8. The predicted octanol–water partition coefficient (Wildman–Crippen LogP) is 4.81. The topological polar surface area (TPSA) is 29.1 Å². The lowest BCUT2D eigenvalue weighted by Gasteiger charge is -2.15. The molecule has 0 spiro atoms. The Morgan fingerprint density at radius 2 is 1.86 bits per heavy atom. The fourth-order valence-electron chi connectivity index (χ4n) is 2.21. The summed E-state index contributed by atoms with van der Waals surface area (Å²) in [7, 11) is 0. The molecule has 2 aromatic carbocycles. The van der Waals surface area contributed by atoms with Gasteiger partial charge in [-0.3, -0.25) is 4.79 Å². The Labute approximate surface area is 134 Å². The molecule has 1 unspecified atom stereocenters. The number of benzene rings is 2. The SMILES string of the molecule is CCc1ccc(C(C)NC(=O)c2cc(C)ccc2Br)cc1. The van der Waals surface area contributed by atoms with E-state index in [9.17, 15) is 4.79 Å². The minimum atomic E-state index is -0.0577. The number of aryl methyl sites for hydroxylation is 2. The van der Waals surface area contributed by atoms with Gasteiger partial charge in [-0.15, -0.1) is 0 Å². The summed E-state index contributed by atoms with van der Waals surface area (Å²) in [6.45, 7) is 6.12. The molecule has 2 nitrogen and oxygen atoms in total. The third-order valence-corrected chi connectivity index (χ3v) is 4.29. The maximum absolute atomic E-state index is 12.4. The van der Waals surface area contributed by atoms with Crippen LogP contribution in [0.4, 0.5) is 0 Å². The molecule has 0 heterocycles. The Balaban J connectivity index is 2.12. The Hall–Kier alpha value is -1.61. The van der Waals surface area contributed by atoms with Crippen molar-refractivity contribution in [3.05, 3.63) is 69.2 Å². The second-order valence-electron chi connectivity index (χ2n) is 5.27. The third-order valence-electron chi connectivity index (χ3n) is 3.60. The quantitative estimate of drug-likeness (QED) is 0.846. The molecule has 110 valence electrons. The fourth-order valence-corrected chi connectivity index (χ4v) is 2.64. The standard InChI is InChI=1S/C18H20BrNO/c1-4-14-6-8-15(9-7-14)13(3)20-18(21)16-11-12(2)5-10-17(16)19/h5-11,13H,4H2,1-3H3,(H,20,21). The van der Waals surface area contributed by atoms with Crippen molar-refractivity contribution in [3.63, 3.8) is 0 Å². The van der Waals surface area contributed by atoms with Crippen molar-refractivity contribution < 1.29 is 4.79 Å². The number of rotatable bonds is 4. The lowest BCUT2D eigenvalue weighted by Crippen LogP contribution is -2.27. The maximum Gasteiger partial charge on any atom is 0.252 e. The molecule has 2 aromatic rings. The summed E-state index contributed by atoms with van der Waals surface area (Å²) in [4.78, 5) is 12.4. The Kier molecular flexibility index (Phi) is 5.18.